The number of halogens is 4. The molecule has 0 saturated carbocycles. The zero-order chi connectivity index (χ0) is 20.5. The fourth-order valence-corrected chi connectivity index (χ4v) is 3.57. The predicted octanol–water partition coefficient (Wildman–Crippen LogP) is 4.89. The van der Waals surface area contributed by atoms with Gasteiger partial charge in [-0.25, -0.2) is 9.07 Å². The molecule has 0 saturated heterocycles. The lowest BCUT2D eigenvalue weighted by atomic mass is 10.2. The zero-order valence-electron chi connectivity index (χ0n) is 14.9. The van der Waals surface area contributed by atoms with Crippen LogP contribution in [0.1, 0.15) is 17.8 Å². The highest BCUT2D eigenvalue weighted by Gasteiger charge is 2.17. The smallest absolute Gasteiger partial charge is 0.313 e. The van der Waals surface area contributed by atoms with Crippen LogP contribution in [0, 0.1) is 12.7 Å². The first-order chi connectivity index (χ1) is 13.9. The van der Waals surface area contributed by atoms with E-state index in [-0.39, 0.29) is 6.54 Å². The molecule has 4 aromatic rings. The van der Waals surface area contributed by atoms with Crippen molar-refractivity contribution in [3.63, 3.8) is 0 Å². The van der Waals surface area contributed by atoms with E-state index in [1.165, 1.54) is 29.8 Å². The van der Waals surface area contributed by atoms with E-state index < -0.39 is 12.4 Å². The van der Waals surface area contributed by atoms with Crippen LogP contribution in [0.15, 0.2) is 36.5 Å². The molecule has 0 fully saturated rings. The highest BCUT2D eigenvalue weighted by Crippen LogP contribution is 2.29. The number of aromatic nitrogens is 6. The zero-order valence-corrected chi connectivity index (χ0v) is 16.4. The maximum absolute atomic E-state index is 13.9. The molecule has 4 rings (SSSR count). The van der Waals surface area contributed by atoms with E-state index in [1.807, 2.05) is 0 Å². The largest absolute Gasteiger partial charge is 0.333 e. The molecule has 0 atom stereocenters. The van der Waals surface area contributed by atoms with Crippen LogP contribution < -0.4 is 5.32 Å². The van der Waals surface area contributed by atoms with Crippen LogP contribution in [0.25, 0.3) is 10.7 Å². The number of anilines is 2. The average molecular weight is 440 g/mol. The fourth-order valence-electron chi connectivity index (χ4n) is 2.64. The summed E-state index contributed by atoms with van der Waals surface area (Å²) in [7, 11) is 0. The summed E-state index contributed by atoms with van der Waals surface area (Å²) in [5.41, 5.74) is 0.977. The van der Waals surface area contributed by atoms with Crippen molar-refractivity contribution in [2.45, 2.75) is 20.0 Å². The monoisotopic (exact) mass is 439 g/mol. The maximum atomic E-state index is 13.9. The third kappa shape index (κ3) is 4.10. The van der Waals surface area contributed by atoms with Crippen LogP contribution >= 0.6 is 22.9 Å². The molecule has 0 amide bonds. The molecule has 0 aliphatic heterocycles. The lowest BCUT2D eigenvalue weighted by Gasteiger charge is -2.05. The first kappa shape index (κ1) is 19.4. The summed E-state index contributed by atoms with van der Waals surface area (Å²) in [5, 5.41) is 20.2. The van der Waals surface area contributed by atoms with Gasteiger partial charge in [-0.15, -0.1) is 10.2 Å². The molecule has 150 valence electrons. The Hall–Kier alpha value is -2.92. The van der Waals surface area contributed by atoms with E-state index in [4.69, 9.17) is 11.6 Å². The highest BCUT2D eigenvalue weighted by molar-refractivity contribution is 7.18. The summed E-state index contributed by atoms with van der Waals surface area (Å²) in [4.78, 5) is 0. The molecule has 1 N–H and O–H groups in total. The minimum atomic E-state index is -2.72. The molecule has 3 aromatic heterocycles. The van der Waals surface area contributed by atoms with Gasteiger partial charge in [-0.3, -0.25) is 4.68 Å². The van der Waals surface area contributed by atoms with E-state index in [2.05, 4.69) is 25.7 Å². The van der Waals surface area contributed by atoms with Gasteiger partial charge in [-0.2, -0.15) is 19.0 Å². The van der Waals surface area contributed by atoms with Crippen molar-refractivity contribution in [1.29, 1.82) is 0 Å². The van der Waals surface area contributed by atoms with Gasteiger partial charge in [0.1, 0.15) is 11.5 Å². The lowest BCUT2D eigenvalue weighted by Crippen LogP contribution is -2.04. The highest BCUT2D eigenvalue weighted by atomic mass is 35.5. The minimum Gasteiger partial charge on any atom is -0.313 e. The fraction of sp³-hybridized carbons (Fsp3) is 0.176. The van der Waals surface area contributed by atoms with Crippen molar-refractivity contribution in [1.82, 2.24) is 29.8 Å². The Balaban J connectivity index is 1.48. The van der Waals surface area contributed by atoms with E-state index >= 15 is 0 Å². The van der Waals surface area contributed by atoms with Gasteiger partial charge in [0.05, 0.1) is 6.54 Å². The molecule has 29 heavy (non-hydrogen) atoms. The van der Waals surface area contributed by atoms with Crippen molar-refractivity contribution in [2.75, 3.05) is 5.32 Å². The SMILES string of the molecule is Cc1cc(-c2nnc(Nc3ccn(Cc4c(F)cccc4Cl)n3)s2)nn1C(F)F. The first-order valence-electron chi connectivity index (χ1n) is 8.32. The Morgan fingerprint density at radius 2 is 2.03 bits per heavy atom. The molecule has 0 bridgehead atoms. The van der Waals surface area contributed by atoms with Gasteiger partial charge in [0.25, 0.3) is 0 Å². The molecule has 0 aliphatic rings. The average Bonchev–Trinajstić information content (AvgIpc) is 3.39. The molecule has 0 spiro atoms. The van der Waals surface area contributed by atoms with Crippen LogP contribution in [0.4, 0.5) is 24.1 Å². The third-order valence-corrected chi connectivity index (χ3v) is 5.22. The van der Waals surface area contributed by atoms with Gasteiger partial charge < -0.3 is 5.32 Å². The number of alkyl halides is 2. The van der Waals surface area contributed by atoms with Crippen molar-refractivity contribution in [3.05, 3.63) is 58.6 Å². The van der Waals surface area contributed by atoms with Crippen LogP contribution in [0.2, 0.25) is 5.02 Å². The lowest BCUT2D eigenvalue weighted by molar-refractivity contribution is 0.0546. The molecule has 7 nitrogen and oxygen atoms in total. The molecule has 0 unspecified atom stereocenters. The molecule has 0 aliphatic carbocycles. The molecule has 0 radical (unpaired) electrons. The predicted molar refractivity (Wildman–Crippen MR) is 103 cm³/mol. The van der Waals surface area contributed by atoms with E-state index in [0.29, 0.717) is 42.6 Å². The van der Waals surface area contributed by atoms with E-state index in [1.54, 1.807) is 18.3 Å². The molecule has 3 heterocycles. The van der Waals surface area contributed by atoms with Gasteiger partial charge in [0, 0.05) is 28.5 Å². The number of hydrogen-bond acceptors (Lipinski definition) is 6. The minimum absolute atomic E-state index is 0.166. The second kappa shape index (κ2) is 7.84. The quantitative estimate of drug-likeness (QED) is 0.463. The van der Waals surface area contributed by atoms with Gasteiger partial charge >= 0.3 is 6.55 Å². The van der Waals surface area contributed by atoms with Crippen LogP contribution in [-0.2, 0) is 6.54 Å². The van der Waals surface area contributed by atoms with Gasteiger partial charge in [-0.05, 0) is 25.1 Å². The van der Waals surface area contributed by atoms with Crippen LogP contribution in [-0.4, -0.2) is 29.8 Å². The normalized spacial score (nSPS) is 11.4. The number of aryl methyl sites for hydroxylation is 1. The summed E-state index contributed by atoms with van der Waals surface area (Å²) in [6.45, 7) is -1.02. The Morgan fingerprint density at radius 3 is 2.76 bits per heavy atom. The van der Waals surface area contributed by atoms with Crippen LogP contribution in [0.5, 0.6) is 0 Å². The Labute approximate surface area is 171 Å². The van der Waals surface area contributed by atoms with Gasteiger partial charge in [0.15, 0.2) is 10.8 Å². The maximum Gasteiger partial charge on any atom is 0.333 e. The van der Waals surface area contributed by atoms with Crippen molar-refractivity contribution in [2.24, 2.45) is 0 Å². The Morgan fingerprint density at radius 1 is 1.21 bits per heavy atom. The Kier molecular flexibility index (Phi) is 5.24. The molecule has 1 aromatic carbocycles. The van der Waals surface area contributed by atoms with E-state index in [0.717, 1.165) is 11.3 Å². The summed E-state index contributed by atoms with van der Waals surface area (Å²) in [6.07, 6.45) is 1.67. The summed E-state index contributed by atoms with van der Waals surface area (Å²) < 4.78 is 41.8. The second-order valence-corrected chi connectivity index (χ2v) is 7.41. The summed E-state index contributed by atoms with van der Waals surface area (Å²) in [5.74, 6) is 0.0595. The van der Waals surface area contributed by atoms with Crippen molar-refractivity contribution in [3.8, 4) is 10.7 Å². The standard InChI is InChI=1S/C17H13ClF3N7S/c1-9-7-13(25-28(9)16(20)21)15-23-24-17(29-15)22-14-5-6-27(26-14)8-10-11(18)3-2-4-12(10)19/h2-7,16H,8H2,1H3,(H,22,24,26). The summed E-state index contributed by atoms with van der Waals surface area (Å²) in [6, 6.07) is 7.69. The molecule has 12 heteroatoms. The van der Waals surface area contributed by atoms with Gasteiger partial charge in [-0.1, -0.05) is 29.0 Å². The number of rotatable bonds is 6. The first-order valence-corrected chi connectivity index (χ1v) is 9.51. The molecular formula is C17H13ClF3N7S. The van der Waals surface area contributed by atoms with Crippen molar-refractivity contribution < 1.29 is 13.2 Å². The Bertz CT molecular complexity index is 1130. The third-order valence-electron chi connectivity index (χ3n) is 4.01. The van der Waals surface area contributed by atoms with Gasteiger partial charge in [0.2, 0.25) is 5.13 Å². The van der Waals surface area contributed by atoms with E-state index in [9.17, 15) is 13.2 Å². The number of nitrogens with zero attached hydrogens (tertiary/aromatic N) is 6. The van der Waals surface area contributed by atoms with Crippen molar-refractivity contribution >= 4 is 33.9 Å². The molecular weight excluding hydrogens is 427 g/mol. The topological polar surface area (TPSA) is 73.5 Å². The number of nitrogens with one attached hydrogen (secondary N) is 1. The number of hydrogen-bond donors (Lipinski definition) is 1. The summed E-state index contributed by atoms with van der Waals surface area (Å²) >= 11 is 7.19. The van der Waals surface area contributed by atoms with Crippen LogP contribution in [0.3, 0.4) is 0 Å². The second-order valence-electron chi connectivity index (χ2n) is 6.03. The number of benzene rings is 1.